The third-order valence-corrected chi connectivity index (χ3v) is 5.61. The fraction of sp³-hybridized carbons (Fsp3) is 0.261. The van der Waals surface area contributed by atoms with E-state index in [1.807, 2.05) is 0 Å². The summed E-state index contributed by atoms with van der Waals surface area (Å²) in [7, 11) is 4.34. The smallest absolute Gasteiger partial charge is 0.433 e. The van der Waals surface area contributed by atoms with Gasteiger partial charge in [0.2, 0.25) is 11.7 Å². The van der Waals surface area contributed by atoms with Gasteiger partial charge in [-0.1, -0.05) is 42.1 Å². The topological polar surface area (TPSA) is 82.6 Å². The molecule has 180 valence electrons. The highest BCUT2D eigenvalue weighted by Gasteiger charge is 2.34. The maximum Gasteiger partial charge on any atom is 0.433 e. The van der Waals surface area contributed by atoms with Crippen molar-refractivity contribution in [2.75, 3.05) is 26.6 Å². The van der Waals surface area contributed by atoms with Gasteiger partial charge < -0.3 is 19.5 Å². The number of thioether (sulfide) groups is 1. The zero-order valence-corrected chi connectivity index (χ0v) is 19.6. The molecular formula is C23H22F3N3O4S. The Kier molecular flexibility index (Phi) is 7.87. The summed E-state index contributed by atoms with van der Waals surface area (Å²) < 4.78 is 56.1. The van der Waals surface area contributed by atoms with Crippen molar-refractivity contribution >= 4 is 23.4 Å². The summed E-state index contributed by atoms with van der Waals surface area (Å²) in [6.07, 6.45) is -4.66. The van der Waals surface area contributed by atoms with Crippen LogP contribution in [0, 0.1) is 0 Å². The van der Waals surface area contributed by atoms with Crippen LogP contribution in [0.2, 0.25) is 0 Å². The highest BCUT2D eigenvalue weighted by molar-refractivity contribution is 8.00. The molecule has 3 aromatic rings. The van der Waals surface area contributed by atoms with Gasteiger partial charge in [0.15, 0.2) is 16.7 Å². The molecule has 34 heavy (non-hydrogen) atoms. The molecule has 0 bridgehead atoms. The van der Waals surface area contributed by atoms with Gasteiger partial charge >= 0.3 is 6.18 Å². The molecule has 2 aromatic carbocycles. The number of hydrogen-bond donors (Lipinski definition) is 1. The molecule has 11 heteroatoms. The van der Waals surface area contributed by atoms with Crippen molar-refractivity contribution in [2.24, 2.45) is 0 Å². The van der Waals surface area contributed by atoms with E-state index in [1.54, 1.807) is 49.4 Å². The predicted octanol–water partition coefficient (Wildman–Crippen LogP) is 5.31. The van der Waals surface area contributed by atoms with Crippen LogP contribution in [-0.4, -0.2) is 42.5 Å². The third-order valence-electron chi connectivity index (χ3n) is 4.65. The quantitative estimate of drug-likeness (QED) is 0.337. The van der Waals surface area contributed by atoms with Gasteiger partial charge in [0.1, 0.15) is 5.69 Å². The fourth-order valence-electron chi connectivity index (χ4n) is 2.99. The Bertz CT molecular complexity index is 1130. The van der Waals surface area contributed by atoms with Crippen LogP contribution in [0.4, 0.5) is 18.9 Å². The van der Waals surface area contributed by atoms with E-state index in [-0.39, 0.29) is 10.9 Å². The Labute approximate surface area is 198 Å². The van der Waals surface area contributed by atoms with E-state index < -0.39 is 23.0 Å². The number of rotatable bonds is 8. The number of nitrogens with zero attached hydrogens (tertiary/aromatic N) is 2. The highest BCUT2D eigenvalue weighted by Crippen LogP contribution is 2.40. The van der Waals surface area contributed by atoms with Crippen LogP contribution in [0.15, 0.2) is 53.7 Å². The molecule has 0 aliphatic heterocycles. The lowest BCUT2D eigenvalue weighted by Crippen LogP contribution is -2.23. The Morgan fingerprint density at radius 2 is 1.59 bits per heavy atom. The molecule has 0 fully saturated rings. The van der Waals surface area contributed by atoms with E-state index in [4.69, 9.17) is 14.2 Å². The number of carbonyl (C=O) groups excluding carboxylic acids is 1. The molecule has 0 saturated heterocycles. The number of methoxy groups -OCH3 is 3. The molecule has 3 rings (SSSR count). The first-order valence-corrected chi connectivity index (χ1v) is 10.8. The minimum Gasteiger partial charge on any atom is -0.493 e. The number of nitrogens with one attached hydrogen (secondary N) is 1. The number of aromatic nitrogens is 2. The van der Waals surface area contributed by atoms with E-state index in [0.717, 1.165) is 17.8 Å². The first-order valence-electron chi connectivity index (χ1n) is 9.95. The van der Waals surface area contributed by atoms with Gasteiger partial charge in [-0.25, -0.2) is 9.97 Å². The second-order valence-electron chi connectivity index (χ2n) is 6.95. The summed E-state index contributed by atoms with van der Waals surface area (Å²) in [4.78, 5) is 20.7. The number of carbonyl (C=O) groups is 1. The second-order valence-corrected chi connectivity index (χ2v) is 8.26. The summed E-state index contributed by atoms with van der Waals surface area (Å²) in [5.74, 6) is 0.565. The zero-order chi connectivity index (χ0) is 24.9. The van der Waals surface area contributed by atoms with Crippen LogP contribution < -0.4 is 19.5 Å². The van der Waals surface area contributed by atoms with Crippen LogP contribution >= 0.6 is 11.8 Å². The molecule has 1 atom stereocenters. The Morgan fingerprint density at radius 1 is 0.971 bits per heavy atom. The zero-order valence-electron chi connectivity index (χ0n) is 18.8. The Balaban J connectivity index is 1.85. The van der Waals surface area contributed by atoms with Gasteiger partial charge in [-0.15, -0.1) is 0 Å². The van der Waals surface area contributed by atoms with Crippen molar-refractivity contribution in [2.45, 2.75) is 23.5 Å². The molecule has 0 aliphatic carbocycles. The monoisotopic (exact) mass is 493 g/mol. The fourth-order valence-corrected chi connectivity index (χ4v) is 3.77. The summed E-state index contributed by atoms with van der Waals surface area (Å²) in [6, 6.07) is 12.4. The number of anilines is 1. The van der Waals surface area contributed by atoms with Gasteiger partial charge in [0.25, 0.3) is 0 Å². The molecule has 0 aliphatic rings. The van der Waals surface area contributed by atoms with Crippen LogP contribution in [0.5, 0.6) is 17.2 Å². The average molecular weight is 494 g/mol. The van der Waals surface area contributed by atoms with E-state index in [9.17, 15) is 18.0 Å². The molecular weight excluding hydrogens is 471 g/mol. The van der Waals surface area contributed by atoms with Crippen LogP contribution in [0.3, 0.4) is 0 Å². The number of hydrogen-bond acceptors (Lipinski definition) is 7. The molecule has 1 heterocycles. The normalized spacial score (nSPS) is 12.1. The summed E-state index contributed by atoms with van der Waals surface area (Å²) in [6.45, 7) is 1.55. The summed E-state index contributed by atoms with van der Waals surface area (Å²) in [5, 5.41) is 1.72. The van der Waals surface area contributed by atoms with Gasteiger partial charge in [0.05, 0.1) is 32.3 Å². The second kappa shape index (κ2) is 10.6. The summed E-state index contributed by atoms with van der Waals surface area (Å²) in [5.41, 5.74) is -0.0996. The van der Waals surface area contributed by atoms with E-state index in [0.29, 0.717) is 28.5 Å². The molecule has 0 radical (unpaired) electrons. The predicted molar refractivity (Wildman–Crippen MR) is 123 cm³/mol. The Hall–Kier alpha value is -3.47. The van der Waals surface area contributed by atoms with Crippen molar-refractivity contribution in [3.05, 3.63) is 54.2 Å². The van der Waals surface area contributed by atoms with Crippen molar-refractivity contribution < 1.29 is 32.2 Å². The lowest BCUT2D eigenvalue weighted by molar-refractivity contribution is -0.141. The van der Waals surface area contributed by atoms with E-state index >= 15 is 0 Å². The van der Waals surface area contributed by atoms with Crippen LogP contribution in [-0.2, 0) is 11.0 Å². The number of ether oxygens (including phenoxy) is 3. The highest BCUT2D eigenvalue weighted by atomic mass is 32.2. The number of amides is 1. The molecule has 0 saturated carbocycles. The first kappa shape index (κ1) is 25.2. The van der Waals surface area contributed by atoms with Gasteiger partial charge in [-0.2, -0.15) is 13.2 Å². The molecule has 1 N–H and O–H groups in total. The molecule has 1 aromatic heterocycles. The average Bonchev–Trinajstić information content (AvgIpc) is 2.83. The minimum absolute atomic E-state index is 0.114. The van der Waals surface area contributed by atoms with Gasteiger partial charge in [0, 0.05) is 23.4 Å². The summed E-state index contributed by atoms with van der Waals surface area (Å²) >= 11 is 0.816. The molecule has 1 amide bonds. The number of alkyl halides is 3. The maximum absolute atomic E-state index is 13.4. The van der Waals surface area contributed by atoms with E-state index in [1.165, 1.54) is 21.3 Å². The largest absolute Gasteiger partial charge is 0.493 e. The molecule has 7 nitrogen and oxygen atoms in total. The molecule has 0 spiro atoms. The lowest BCUT2D eigenvalue weighted by Gasteiger charge is -2.16. The lowest BCUT2D eigenvalue weighted by atomic mass is 10.1. The van der Waals surface area contributed by atoms with E-state index in [2.05, 4.69) is 15.3 Å². The van der Waals surface area contributed by atoms with Gasteiger partial charge in [-0.05, 0) is 13.0 Å². The van der Waals surface area contributed by atoms with Crippen LogP contribution in [0.1, 0.15) is 12.6 Å². The third kappa shape index (κ3) is 5.90. The Morgan fingerprint density at radius 3 is 2.12 bits per heavy atom. The number of halogens is 3. The van der Waals surface area contributed by atoms with Crippen molar-refractivity contribution in [1.29, 1.82) is 0 Å². The number of benzene rings is 2. The SMILES string of the molecule is COc1cc(NC(=O)C(C)Sc2nc(-c3ccccc3)cc(C(F)(F)F)n2)cc(OC)c1OC. The van der Waals surface area contributed by atoms with Crippen LogP contribution in [0.25, 0.3) is 11.3 Å². The van der Waals surface area contributed by atoms with Crippen molar-refractivity contribution in [1.82, 2.24) is 9.97 Å². The van der Waals surface area contributed by atoms with Crippen molar-refractivity contribution in [3.63, 3.8) is 0 Å². The standard InChI is InChI=1S/C23H22F3N3O4S/c1-13(21(30)27-15-10-17(31-2)20(33-4)18(11-15)32-3)34-22-28-16(14-8-6-5-7-9-14)12-19(29-22)23(24,25)26/h5-13H,1-4H3,(H,27,30). The van der Waals surface area contributed by atoms with Crippen molar-refractivity contribution in [3.8, 4) is 28.5 Å². The maximum atomic E-state index is 13.4. The minimum atomic E-state index is -4.66. The first-order chi connectivity index (χ1) is 16.2. The van der Waals surface area contributed by atoms with Gasteiger partial charge in [-0.3, -0.25) is 4.79 Å². The molecule has 1 unspecified atom stereocenters.